The van der Waals surface area contributed by atoms with E-state index in [9.17, 15) is 9.59 Å². The van der Waals surface area contributed by atoms with Crippen molar-refractivity contribution in [2.45, 2.75) is 19.4 Å². The molecule has 0 heterocycles. The van der Waals surface area contributed by atoms with Crippen LogP contribution >= 0.6 is 0 Å². The lowest BCUT2D eigenvalue weighted by molar-refractivity contribution is -0.143. The van der Waals surface area contributed by atoms with Crippen LogP contribution in [0.4, 0.5) is 0 Å². The van der Waals surface area contributed by atoms with Crippen molar-refractivity contribution in [1.29, 1.82) is 0 Å². The number of aliphatic carboxylic acids is 1. The highest BCUT2D eigenvalue weighted by atomic mass is 16.5. The Balaban J connectivity index is 2.38. The Kier molecular flexibility index (Phi) is 3.46. The highest BCUT2D eigenvalue weighted by Crippen LogP contribution is 2.37. The molecule has 1 amide bonds. The summed E-state index contributed by atoms with van der Waals surface area (Å²) in [5.41, 5.74) is 0. The number of carboxylic acid groups (broad SMARTS) is 1. The molecule has 0 saturated heterocycles. The molecular formula is C9H15NO4. The molecule has 0 aliphatic heterocycles. The molecule has 3 atom stereocenters. The van der Waals surface area contributed by atoms with E-state index in [-0.39, 0.29) is 18.4 Å². The zero-order valence-corrected chi connectivity index (χ0v) is 8.32. The van der Waals surface area contributed by atoms with E-state index >= 15 is 0 Å². The molecule has 2 N–H and O–H groups in total. The Morgan fingerprint density at radius 1 is 1.64 bits per heavy atom. The summed E-state index contributed by atoms with van der Waals surface area (Å²) in [4.78, 5) is 22.0. The minimum absolute atomic E-state index is 0.00216. The first-order valence-electron chi connectivity index (χ1n) is 4.58. The second-order valence-electron chi connectivity index (χ2n) is 3.67. The van der Waals surface area contributed by atoms with Crippen LogP contribution in [0.2, 0.25) is 0 Å². The molecule has 0 aromatic heterocycles. The molecule has 0 radical (unpaired) electrons. The summed E-state index contributed by atoms with van der Waals surface area (Å²) >= 11 is 0. The second kappa shape index (κ2) is 4.41. The maximum atomic E-state index is 11.4. The number of carboxylic acids is 1. The fraction of sp³-hybridized carbons (Fsp3) is 0.778. The van der Waals surface area contributed by atoms with Gasteiger partial charge in [0.05, 0.1) is 6.61 Å². The minimum Gasteiger partial charge on any atom is -0.480 e. The van der Waals surface area contributed by atoms with Crippen LogP contribution in [0.5, 0.6) is 0 Å². The van der Waals surface area contributed by atoms with Crippen molar-refractivity contribution in [3.63, 3.8) is 0 Å². The Morgan fingerprint density at radius 3 is 2.57 bits per heavy atom. The van der Waals surface area contributed by atoms with Crippen LogP contribution in [0.25, 0.3) is 0 Å². The predicted octanol–water partition coefficient (Wildman–Crippen LogP) is -0.142. The largest absolute Gasteiger partial charge is 0.480 e. The maximum Gasteiger partial charge on any atom is 0.328 e. The van der Waals surface area contributed by atoms with E-state index in [4.69, 9.17) is 9.84 Å². The number of carbonyl (C=O) groups is 2. The van der Waals surface area contributed by atoms with Gasteiger partial charge in [-0.25, -0.2) is 4.79 Å². The summed E-state index contributed by atoms with van der Waals surface area (Å²) in [7, 11) is 1.40. The van der Waals surface area contributed by atoms with Crippen LogP contribution in [-0.2, 0) is 14.3 Å². The van der Waals surface area contributed by atoms with E-state index in [1.165, 1.54) is 7.11 Å². The number of methoxy groups -OCH3 is 1. The normalized spacial score (nSPS) is 26.7. The van der Waals surface area contributed by atoms with Gasteiger partial charge >= 0.3 is 5.97 Å². The van der Waals surface area contributed by atoms with Crippen LogP contribution < -0.4 is 5.32 Å². The average molecular weight is 201 g/mol. The monoisotopic (exact) mass is 201 g/mol. The van der Waals surface area contributed by atoms with Crippen LogP contribution in [-0.4, -0.2) is 36.7 Å². The van der Waals surface area contributed by atoms with E-state index in [2.05, 4.69) is 5.32 Å². The molecule has 0 aromatic rings. The number of hydrogen-bond acceptors (Lipinski definition) is 3. The van der Waals surface area contributed by atoms with E-state index in [0.717, 1.165) is 6.42 Å². The number of ether oxygens (including phenoxy) is 1. The smallest absolute Gasteiger partial charge is 0.328 e. The molecule has 14 heavy (non-hydrogen) atoms. The predicted molar refractivity (Wildman–Crippen MR) is 48.7 cm³/mol. The van der Waals surface area contributed by atoms with Gasteiger partial charge < -0.3 is 15.2 Å². The number of amides is 1. The van der Waals surface area contributed by atoms with E-state index < -0.39 is 12.0 Å². The first kappa shape index (κ1) is 11.0. The third kappa shape index (κ3) is 2.70. The number of nitrogens with one attached hydrogen (secondary N) is 1. The van der Waals surface area contributed by atoms with Gasteiger partial charge in [0.15, 0.2) is 6.04 Å². The van der Waals surface area contributed by atoms with Gasteiger partial charge in [-0.2, -0.15) is 0 Å². The molecule has 1 aliphatic rings. The van der Waals surface area contributed by atoms with Crippen molar-refractivity contribution < 1.29 is 19.4 Å². The molecule has 0 aromatic carbocycles. The molecule has 3 unspecified atom stereocenters. The summed E-state index contributed by atoms with van der Waals surface area (Å²) in [6.07, 6.45) is 0.852. The maximum absolute atomic E-state index is 11.4. The van der Waals surface area contributed by atoms with E-state index in [0.29, 0.717) is 5.92 Å². The summed E-state index contributed by atoms with van der Waals surface area (Å²) in [6.45, 7) is 1.97. The SMILES string of the molecule is COCC(NC(=O)C1CC1C)C(=O)O. The quantitative estimate of drug-likeness (QED) is 0.649. The first-order chi connectivity index (χ1) is 6.56. The topological polar surface area (TPSA) is 75.6 Å². The van der Waals surface area contributed by atoms with Gasteiger partial charge in [-0.05, 0) is 12.3 Å². The van der Waals surface area contributed by atoms with Gasteiger partial charge in [-0.1, -0.05) is 6.92 Å². The molecule has 80 valence electrons. The number of carbonyl (C=O) groups excluding carboxylic acids is 1. The highest BCUT2D eigenvalue weighted by Gasteiger charge is 2.40. The minimum atomic E-state index is -1.06. The van der Waals surface area contributed by atoms with Crippen molar-refractivity contribution in [1.82, 2.24) is 5.32 Å². The Hall–Kier alpha value is -1.10. The van der Waals surface area contributed by atoms with Gasteiger partial charge in [0.25, 0.3) is 0 Å². The third-order valence-electron chi connectivity index (χ3n) is 2.39. The lowest BCUT2D eigenvalue weighted by Gasteiger charge is -2.12. The van der Waals surface area contributed by atoms with Crippen molar-refractivity contribution in [3.05, 3.63) is 0 Å². The second-order valence-corrected chi connectivity index (χ2v) is 3.67. The molecule has 1 saturated carbocycles. The average Bonchev–Trinajstić information content (AvgIpc) is 2.81. The number of rotatable bonds is 5. The first-order valence-corrected chi connectivity index (χ1v) is 4.58. The van der Waals surface area contributed by atoms with Crippen molar-refractivity contribution >= 4 is 11.9 Å². The summed E-state index contributed by atoms with van der Waals surface area (Å²) in [6, 6.07) is -0.930. The molecule has 5 heteroatoms. The van der Waals surface area contributed by atoms with Gasteiger partial charge in [0, 0.05) is 13.0 Å². The molecule has 1 aliphatic carbocycles. The Bertz CT molecular complexity index is 241. The standard InChI is InChI=1S/C9H15NO4/c1-5-3-6(5)8(11)10-7(4-14-2)9(12)13/h5-7H,3-4H2,1-2H3,(H,10,11)(H,12,13). The molecular weight excluding hydrogens is 186 g/mol. The zero-order chi connectivity index (χ0) is 10.7. The summed E-state index contributed by atoms with van der Waals surface area (Å²) in [5.74, 6) is -0.865. The van der Waals surface area contributed by atoms with Gasteiger partial charge in [0.2, 0.25) is 5.91 Å². The fourth-order valence-electron chi connectivity index (χ4n) is 1.31. The summed E-state index contributed by atoms with van der Waals surface area (Å²) in [5, 5.41) is 11.2. The van der Waals surface area contributed by atoms with Gasteiger partial charge in [0.1, 0.15) is 0 Å². The zero-order valence-electron chi connectivity index (χ0n) is 8.32. The number of hydrogen-bond donors (Lipinski definition) is 2. The van der Waals surface area contributed by atoms with Crippen LogP contribution in [0, 0.1) is 11.8 Å². The van der Waals surface area contributed by atoms with Crippen LogP contribution in [0.3, 0.4) is 0 Å². The highest BCUT2D eigenvalue weighted by molar-refractivity contribution is 5.86. The third-order valence-corrected chi connectivity index (χ3v) is 2.39. The van der Waals surface area contributed by atoms with E-state index in [1.807, 2.05) is 6.92 Å². The molecule has 5 nitrogen and oxygen atoms in total. The van der Waals surface area contributed by atoms with Gasteiger partial charge in [-0.15, -0.1) is 0 Å². The lowest BCUT2D eigenvalue weighted by Crippen LogP contribution is -2.44. The van der Waals surface area contributed by atoms with Gasteiger partial charge in [-0.3, -0.25) is 4.79 Å². The van der Waals surface area contributed by atoms with Crippen molar-refractivity contribution in [2.75, 3.05) is 13.7 Å². The Labute approximate surface area is 82.4 Å². The Morgan fingerprint density at radius 2 is 2.21 bits per heavy atom. The summed E-state index contributed by atoms with van der Waals surface area (Å²) < 4.78 is 4.70. The van der Waals surface area contributed by atoms with Crippen molar-refractivity contribution in [3.8, 4) is 0 Å². The van der Waals surface area contributed by atoms with Crippen LogP contribution in [0.15, 0.2) is 0 Å². The van der Waals surface area contributed by atoms with Crippen molar-refractivity contribution in [2.24, 2.45) is 11.8 Å². The molecule has 1 rings (SSSR count). The van der Waals surface area contributed by atoms with Crippen LogP contribution in [0.1, 0.15) is 13.3 Å². The molecule has 1 fully saturated rings. The molecule has 0 spiro atoms. The fourth-order valence-corrected chi connectivity index (χ4v) is 1.31. The van der Waals surface area contributed by atoms with E-state index in [1.54, 1.807) is 0 Å². The lowest BCUT2D eigenvalue weighted by atomic mass is 10.2. The molecule has 0 bridgehead atoms.